The van der Waals surface area contributed by atoms with Gasteiger partial charge in [-0.05, 0) is 30.7 Å². The number of nitrogens with one attached hydrogen (secondary N) is 1. The van der Waals surface area contributed by atoms with Gasteiger partial charge in [-0.2, -0.15) is 0 Å². The van der Waals surface area contributed by atoms with Gasteiger partial charge in [-0.1, -0.05) is 0 Å². The Morgan fingerprint density at radius 2 is 2.14 bits per heavy atom. The van der Waals surface area contributed by atoms with E-state index in [0.717, 1.165) is 11.3 Å². The van der Waals surface area contributed by atoms with E-state index in [0.29, 0.717) is 38.2 Å². The van der Waals surface area contributed by atoms with E-state index >= 15 is 0 Å². The van der Waals surface area contributed by atoms with E-state index in [9.17, 15) is 9.90 Å². The number of nitrogens with zero attached hydrogens (tertiary/aromatic N) is 1. The summed E-state index contributed by atoms with van der Waals surface area (Å²) < 4.78 is 5.25. The van der Waals surface area contributed by atoms with Crippen LogP contribution in [0.25, 0.3) is 0 Å². The number of aliphatic hydroxyl groups is 1. The molecule has 1 aliphatic rings. The second-order valence-corrected chi connectivity index (χ2v) is 5.67. The van der Waals surface area contributed by atoms with E-state index in [2.05, 4.69) is 5.43 Å². The first-order chi connectivity index (χ1) is 9.95. The summed E-state index contributed by atoms with van der Waals surface area (Å²) in [5, 5.41) is 10.5. The maximum atomic E-state index is 12.5. The Balaban J connectivity index is 2.08. The molecule has 116 valence electrons. The van der Waals surface area contributed by atoms with Crippen LogP contribution in [0.3, 0.4) is 0 Å². The van der Waals surface area contributed by atoms with Gasteiger partial charge in [0.15, 0.2) is 0 Å². The van der Waals surface area contributed by atoms with Crippen molar-refractivity contribution in [3.05, 3.63) is 29.3 Å². The normalized spacial score (nSPS) is 17.3. The molecular formula is C15H23N3O3. The van der Waals surface area contributed by atoms with Crippen molar-refractivity contribution in [2.75, 3.05) is 32.2 Å². The minimum absolute atomic E-state index is 0.101. The number of carbonyl (C=O) groups is 1. The van der Waals surface area contributed by atoms with Crippen LogP contribution >= 0.6 is 0 Å². The molecule has 0 atom stereocenters. The van der Waals surface area contributed by atoms with Crippen LogP contribution in [-0.2, 0) is 4.74 Å². The molecule has 0 aliphatic carbocycles. The van der Waals surface area contributed by atoms with Crippen molar-refractivity contribution in [1.82, 2.24) is 4.90 Å². The van der Waals surface area contributed by atoms with Crippen molar-refractivity contribution in [1.29, 1.82) is 0 Å². The lowest BCUT2D eigenvalue weighted by Gasteiger charge is -2.35. The summed E-state index contributed by atoms with van der Waals surface area (Å²) in [5.41, 5.74) is 3.93. The lowest BCUT2D eigenvalue weighted by Crippen LogP contribution is -2.47. The number of benzene rings is 1. The smallest absolute Gasteiger partial charge is 0.253 e. The van der Waals surface area contributed by atoms with Crippen LogP contribution in [0, 0.1) is 6.92 Å². The third kappa shape index (κ3) is 3.72. The van der Waals surface area contributed by atoms with E-state index in [4.69, 9.17) is 10.6 Å². The van der Waals surface area contributed by atoms with Gasteiger partial charge in [0.05, 0.1) is 5.60 Å². The van der Waals surface area contributed by atoms with Crippen molar-refractivity contribution < 1.29 is 14.6 Å². The highest BCUT2D eigenvalue weighted by molar-refractivity contribution is 5.96. The molecule has 6 heteroatoms. The average Bonchev–Trinajstić information content (AvgIpc) is 2.46. The highest BCUT2D eigenvalue weighted by Gasteiger charge is 2.32. The van der Waals surface area contributed by atoms with E-state index in [1.54, 1.807) is 24.1 Å². The van der Waals surface area contributed by atoms with Crippen molar-refractivity contribution >= 4 is 11.6 Å². The van der Waals surface area contributed by atoms with Gasteiger partial charge in [0.25, 0.3) is 5.91 Å². The molecule has 1 aromatic carbocycles. The Bertz CT molecular complexity index is 513. The summed E-state index contributed by atoms with van der Waals surface area (Å²) in [6.07, 6.45) is 1.11. The lowest BCUT2D eigenvalue weighted by molar-refractivity contribution is -0.0734. The second-order valence-electron chi connectivity index (χ2n) is 5.67. The largest absolute Gasteiger partial charge is 0.388 e. The van der Waals surface area contributed by atoms with Crippen molar-refractivity contribution in [3.8, 4) is 0 Å². The van der Waals surface area contributed by atoms with Crippen LogP contribution in [0.15, 0.2) is 18.2 Å². The fourth-order valence-electron chi connectivity index (χ4n) is 2.62. The number of rotatable bonds is 4. The molecule has 21 heavy (non-hydrogen) atoms. The molecule has 0 radical (unpaired) electrons. The standard InChI is InChI=1S/C15H23N3O3/c1-11-9-12(17-16)3-4-13(11)14(19)18(2)10-15(20)5-7-21-8-6-15/h3-4,9,17,20H,5-8,10,16H2,1-2H3. The number of aryl methyl sites for hydroxylation is 1. The van der Waals surface area contributed by atoms with Crippen LogP contribution in [-0.4, -0.2) is 48.3 Å². The fraction of sp³-hybridized carbons (Fsp3) is 0.533. The van der Waals surface area contributed by atoms with Crippen molar-refractivity contribution in [2.45, 2.75) is 25.4 Å². The second kappa shape index (κ2) is 6.43. The number of hydrogen-bond donors (Lipinski definition) is 3. The maximum Gasteiger partial charge on any atom is 0.253 e. The molecule has 1 aromatic rings. The summed E-state index contributed by atoms with van der Waals surface area (Å²) >= 11 is 0. The monoisotopic (exact) mass is 293 g/mol. The fourth-order valence-corrected chi connectivity index (χ4v) is 2.62. The minimum Gasteiger partial charge on any atom is -0.388 e. The molecule has 6 nitrogen and oxygen atoms in total. The van der Waals surface area contributed by atoms with Crippen LogP contribution < -0.4 is 11.3 Å². The van der Waals surface area contributed by atoms with Crippen molar-refractivity contribution in [2.24, 2.45) is 5.84 Å². The summed E-state index contributed by atoms with van der Waals surface area (Å²) in [4.78, 5) is 14.1. The van der Waals surface area contributed by atoms with E-state index in [-0.39, 0.29) is 5.91 Å². The number of ether oxygens (including phenoxy) is 1. The Hall–Kier alpha value is -1.63. The van der Waals surface area contributed by atoms with E-state index in [1.807, 2.05) is 13.0 Å². The molecule has 1 heterocycles. The SMILES string of the molecule is Cc1cc(NN)ccc1C(=O)N(C)CC1(O)CCOCC1. The molecule has 0 saturated carbocycles. The number of amides is 1. The molecular weight excluding hydrogens is 270 g/mol. The van der Waals surface area contributed by atoms with Gasteiger partial charge >= 0.3 is 0 Å². The molecule has 1 aliphatic heterocycles. The number of nitrogens with two attached hydrogens (primary N) is 1. The Labute approximate surface area is 124 Å². The highest BCUT2D eigenvalue weighted by atomic mass is 16.5. The van der Waals surface area contributed by atoms with Gasteiger partial charge in [-0.25, -0.2) is 0 Å². The molecule has 4 N–H and O–H groups in total. The maximum absolute atomic E-state index is 12.5. The third-order valence-corrected chi connectivity index (χ3v) is 3.93. The number of carbonyl (C=O) groups excluding carboxylic acids is 1. The van der Waals surface area contributed by atoms with Crippen LogP contribution in [0.1, 0.15) is 28.8 Å². The zero-order valence-electron chi connectivity index (χ0n) is 12.6. The number of hydrogen-bond acceptors (Lipinski definition) is 5. The molecule has 0 unspecified atom stereocenters. The predicted molar refractivity (Wildman–Crippen MR) is 81.0 cm³/mol. The van der Waals surface area contributed by atoms with Gasteiger partial charge in [0, 0.05) is 50.9 Å². The van der Waals surface area contributed by atoms with Gasteiger partial charge in [0.1, 0.15) is 0 Å². The molecule has 0 spiro atoms. The quantitative estimate of drug-likeness (QED) is 0.567. The molecule has 2 rings (SSSR count). The predicted octanol–water partition coefficient (Wildman–Crippen LogP) is 0.894. The lowest BCUT2D eigenvalue weighted by atomic mass is 9.93. The van der Waals surface area contributed by atoms with Crippen LogP contribution in [0.5, 0.6) is 0 Å². The summed E-state index contributed by atoms with van der Waals surface area (Å²) in [6, 6.07) is 5.33. The molecule has 0 bridgehead atoms. The molecule has 1 fully saturated rings. The zero-order valence-corrected chi connectivity index (χ0v) is 12.6. The highest BCUT2D eigenvalue weighted by Crippen LogP contribution is 2.23. The third-order valence-electron chi connectivity index (χ3n) is 3.93. The van der Waals surface area contributed by atoms with E-state index < -0.39 is 5.60 Å². The zero-order chi connectivity index (χ0) is 15.5. The van der Waals surface area contributed by atoms with E-state index in [1.165, 1.54) is 0 Å². The van der Waals surface area contributed by atoms with Crippen molar-refractivity contribution in [3.63, 3.8) is 0 Å². The number of nitrogen functional groups attached to an aromatic ring is 1. The van der Waals surface area contributed by atoms with Gasteiger partial charge in [-0.3, -0.25) is 10.6 Å². The summed E-state index contributed by atoms with van der Waals surface area (Å²) in [6.45, 7) is 3.25. The minimum atomic E-state index is -0.852. The average molecular weight is 293 g/mol. The first-order valence-corrected chi connectivity index (χ1v) is 7.08. The molecule has 1 amide bonds. The van der Waals surface area contributed by atoms with Crippen LogP contribution in [0.4, 0.5) is 5.69 Å². The first-order valence-electron chi connectivity index (χ1n) is 7.08. The Morgan fingerprint density at radius 3 is 2.71 bits per heavy atom. The number of anilines is 1. The van der Waals surface area contributed by atoms with Crippen LogP contribution in [0.2, 0.25) is 0 Å². The van der Waals surface area contributed by atoms with Gasteiger partial charge < -0.3 is 20.2 Å². The summed E-state index contributed by atoms with van der Waals surface area (Å²) in [5.74, 6) is 5.25. The molecule has 0 aromatic heterocycles. The Kier molecular flexibility index (Phi) is 4.82. The number of likely N-dealkylation sites (N-methyl/N-ethyl adjacent to an activating group) is 1. The first kappa shape index (κ1) is 15.8. The van der Waals surface area contributed by atoms with Gasteiger partial charge in [-0.15, -0.1) is 0 Å². The summed E-state index contributed by atoms with van der Waals surface area (Å²) in [7, 11) is 1.71. The van der Waals surface area contributed by atoms with Gasteiger partial charge in [0.2, 0.25) is 0 Å². The Morgan fingerprint density at radius 1 is 1.48 bits per heavy atom. The molecule has 1 saturated heterocycles. The number of hydrazine groups is 1. The topological polar surface area (TPSA) is 87.8 Å².